The SMILES string of the molecule is CN(Cc1ccc2c(c1)CN(C1CCC(=O)NC1=O)C2=O)C1CCN(c2ccc(C(=O)Nc3n[nH]c4ccc(Cc5cc(F)cc(F)c5)cc34)c(NC3CCOCC3)c2)CC1. The number of ether oxygens (including phenoxy) is 1. The molecule has 4 N–H and O–H groups in total. The molecule has 0 aliphatic carbocycles. The number of benzene rings is 4. The summed E-state index contributed by atoms with van der Waals surface area (Å²) in [5, 5.41) is 17.1. The lowest BCUT2D eigenvalue weighted by atomic mass is 10.0. The summed E-state index contributed by atoms with van der Waals surface area (Å²) in [6.07, 6.45) is 4.40. The summed E-state index contributed by atoms with van der Waals surface area (Å²) < 4.78 is 33.4. The molecular weight excluding hydrogens is 783 g/mol. The van der Waals surface area contributed by atoms with Crippen LogP contribution in [0.15, 0.2) is 72.8 Å². The topological polar surface area (TPSA) is 152 Å². The predicted molar refractivity (Wildman–Crippen MR) is 226 cm³/mol. The first-order chi connectivity index (χ1) is 29.5. The van der Waals surface area contributed by atoms with Crippen molar-refractivity contribution in [3.05, 3.63) is 118 Å². The van der Waals surface area contributed by atoms with Crippen LogP contribution >= 0.6 is 0 Å². The summed E-state index contributed by atoms with van der Waals surface area (Å²) in [6, 6.07) is 20.8. The van der Waals surface area contributed by atoms with Gasteiger partial charge < -0.3 is 25.2 Å². The van der Waals surface area contributed by atoms with Crippen LogP contribution in [0, 0.1) is 11.6 Å². The minimum absolute atomic E-state index is 0.147. The number of halogens is 2. The van der Waals surface area contributed by atoms with Crippen LogP contribution in [0.1, 0.15) is 81.5 Å². The van der Waals surface area contributed by atoms with Gasteiger partial charge in [-0.2, -0.15) is 5.10 Å². The fourth-order valence-electron chi connectivity index (χ4n) is 9.21. The number of aromatic amines is 1. The molecule has 4 amide bonds. The number of imide groups is 1. The molecule has 5 aromatic rings. The standard InChI is InChI=1S/C46H48F2N8O5/c1-54(25-28-2-5-36-30(19-28)26-56(46(36)60)41-8-9-42(57)50-45(41)59)34-10-14-55(15-11-34)35-4-6-37(40(24-35)49-33-12-16-61-17-13-33)44(58)51-43-38-22-27(3-7-39(38)52-53-43)18-29-20-31(47)23-32(48)21-29/h2-7,19-24,33-34,41,49H,8-18,25-26H2,1H3,(H,50,57,59)(H2,51,52,53,58). The molecule has 0 bridgehead atoms. The average molecular weight is 831 g/mol. The highest BCUT2D eigenvalue weighted by molar-refractivity contribution is 6.11. The Kier molecular flexibility index (Phi) is 11.2. The van der Waals surface area contributed by atoms with Crippen LogP contribution in [-0.4, -0.2) is 95.1 Å². The van der Waals surface area contributed by atoms with Crippen molar-refractivity contribution in [1.29, 1.82) is 0 Å². The van der Waals surface area contributed by atoms with Gasteiger partial charge in [-0.25, -0.2) is 8.78 Å². The smallest absolute Gasteiger partial charge is 0.258 e. The van der Waals surface area contributed by atoms with E-state index in [1.807, 2.05) is 42.5 Å². The van der Waals surface area contributed by atoms with Crippen molar-refractivity contribution in [2.75, 3.05) is 48.9 Å². The van der Waals surface area contributed by atoms with Gasteiger partial charge in [0.2, 0.25) is 11.8 Å². The Morgan fingerprint density at radius 3 is 2.43 bits per heavy atom. The Labute approximate surface area is 351 Å². The van der Waals surface area contributed by atoms with Gasteiger partial charge in [0.1, 0.15) is 17.7 Å². The Bertz CT molecular complexity index is 2490. The van der Waals surface area contributed by atoms with Crippen molar-refractivity contribution in [3.63, 3.8) is 0 Å². The van der Waals surface area contributed by atoms with Gasteiger partial charge in [-0.3, -0.25) is 34.5 Å². The third kappa shape index (κ3) is 8.71. The van der Waals surface area contributed by atoms with E-state index in [0.717, 1.165) is 78.4 Å². The van der Waals surface area contributed by atoms with E-state index in [4.69, 9.17) is 4.74 Å². The number of fused-ring (bicyclic) bond motifs is 2. The van der Waals surface area contributed by atoms with Crippen molar-refractivity contribution in [2.24, 2.45) is 0 Å². The fourth-order valence-corrected chi connectivity index (χ4v) is 9.21. The first-order valence-corrected chi connectivity index (χ1v) is 21.0. The quantitative estimate of drug-likeness (QED) is 0.115. The number of anilines is 3. The molecule has 1 unspecified atom stereocenters. The number of piperidine rings is 2. The molecule has 0 saturated carbocycles. The summed E-state index contributed by atoms with van der Waals surface area (Å²) in [4.78, 5) is 57.7. The Balaban J connectivity index is 0.857. The molecule has 3 saturated heterocycles. The van der Waals surface area contributed by atoms with Gasteiger partial charge in [-0.15, -0.1) is 0 Å². The first kappa shape index (κ1) is 40.2. The molecule has 5 heterocycles. The number of carbonyl (C=O) groups excluding carboxylic acids is 4. The van der Waals surface area contributed by atoms with Gasteiger partial charge >= 0.3 is 0 Å². The molecule has 316 valence electrons. The van der Waals surface area contributed by atoms with Crippen molar-refractivity contribution in [3.8, 4) is 0 Å². The van der Waals surface area contributed by atoms with E-state index >= 15 is 0 Å². The Hall–Kier alpha value is -6.19. The second-order valence-corrected chi connectivity index (χ2v) is 16.6. The van der Waals surface area contributed by atoms with Crippen LogP contribution < -0.4 is 20.9 Å². The van der Waals surface area contributed by atoms with Gasteiger partial charge in [0.25, 0.3) is 11.8 Å². The summed E-state index contributed by atoms with van der Waals surface area (Å²) in [7, 11) is 2.13. The second-order valence-electron chi connectivity index (χ2n) is 16.6. The van der Waals surface area contributed by atoms with E-state index in [-0.39, 0.29) is 30.2 Å². The van der Waals surface area contributed by atoms with Crippen molar-refractivity contribution in [2.45, 2.75) is 76.2 Å². The molecule has 1 atom stereocenters. The van der Waals surface area contributed by atoms with E-state index in [1.54, 1.807) is 4.90 Å². The molecule has 61 heavy (non-hydrogen) atoms. The number of nitrogens with zero attached hydrogens (tertiary/aromatic N) is 4. The molecule has 0 radical (unpaired) electrons. The van der Waals surface area contributed by atoms with E-state index in [0.29, 0.717) is 73.1 Å². The van der Waals surface area contributed by atoms with Crippen LogP contribution in [0.2, 0.25) is 0 Å². The number of carbonyl (C=O) groups is 4. The number of aromatic nitrogens is 2. The lowest BCUT2D eigenvalue weighted by Crippen LogP contribution is -2.52. The van der Waals surface area contributed by atoms with E-state index < -0.39 is 23.6 Å². The maximum absolute atomic E-state index is 14.0. The van der Waals surface area contributed by atoms with Crippen LogP contribution in [0.4, 0.5) is 26.0 Å². The van der Waals surface area contributed by atoms with E-state index in [1.165, 1.54) is 12.1 Å². The molecule has 9 rings (SSSR count). The summed E-state index contributed by atoms with van der Waals surface area (Å²) in [5.74, 6) is -2.09. The lowest BCUT2D eigenvalue weighted by Gasteiger charge is -2.38. The zero-order valence-electron chi connectivity index (χ0n) is 33.9. The van der Waals surface area contributed by atoms with E-state index in [9.17, 15) is 28.0 Å². The molecule has 1 aromatic heterocycles. The molecule has 4 aliphatic heterocycles. The zero-order valence-corrected chi connectivity index (χ0v) is 33.9. The number of amides is 4. The first-order valence-electron chi connectivity index (χ1n) is 21.0. The van der Waals surface area contributed by atoms with Crippen LogP contribution in [0.25, 0.3) is 10.9 Å². The van der Waals surface area contributed by atoms with Gasteiger partial charge in [0.15, 0.2) is 5.82 Å². The number of hydrogen-bond acceptors (Lipinski definition) is 9. The van der Waals surface area contributed by atoms with Gasteiger partial charge in [-0.1, -0.05) is 18.2 Å². The highest BCUT2D eigenvalue weighted by Crippen LogP contribution is 2.32. The van der Waals surface area contributed by atoms with Crippen molar-refractivity contribution < 1.29 is 32.7 Å². The minimum atomic E-state index is -0.635. The van der Waals surface area contributed by atoms with Crippen LogP contribution in [0.5, 0.6) is 0 Å². The average Bonchev–Trinajstić information content (AvgIpc) is 3.79. The molecule has 4 aromatic carbocycles. The molecule has 4 aliphatic rings. The number of hydrogen-bond donors (Lipinski definition) is 4. The number of rotatable bonds is 11. The van der Waals surface area contributed by atoms with Gasteiger partial charge in [0, 0.05) is 86.3 Å². The third-order valence-electron chi connectivity index (χ3n) is 12.5. The normalized spacial score (nSPS) is 18.8. The summed E-state index contributed by atoms with van der Waals surface area (Å²) >= 11 is 0. The fraction of sp³-hybridized carbons (Fsp3) is 0.370. The van der Waals surface area contributed by atoms with Crippen LogP contribution in [-0.2, 0) is 33.8 Å². The maximum atomic E-state index is 14.0. The summed E-state index contributed by atoms with van der Waals surface area (Å²) in [5.41, 5.74) is 6.91. The molecular formula is C46H48F2N8O5. The highest BCUT2D eigenvalue weighted by atomic mass is 19.1. The Morgan fingerprint density at radius 1 is 0.885 bits per heavy atom. The third-order valence-corrected chi connectivity index (χ3v) is 12.5. The minimum Gasteiger partial charge on any atom is -0.381 e. The second kappa shape index (κ2) is 17.1. The zero-order chi connectivity index (χ0) is 42.2. The number of H-pyrrole nitrogens is 1. The predicted octanol–water partition coefficient (Wildman–Crippen LogP) is 6.14. The summed E-state index contributed by atoms with van der Waals surface area (Å²) in [6.45, 7) is 4.03. The van der Waals surface area contributed by atoms with Crippen molar-refractivity contribution in [1.82, 2.24) is 25.3 Å². The molecule has 13 nitrogen and oxygen atoms in total. The maximum Gasteiger partial charge on any atom is 0.258 e. The van der Waals surface area contributed by atoms with Gasteiger partial charge in [-0.05, 0) is 116 Å². The molecule has 0 spiro atoms. The largest absolute Gasteiger partial charge is 0.381 e. The highest BCUT2D eigenvalue weighted by Gasteiger charge is 2.39. The molecule has 15 heteroatoms. The van der Waals surface area contributed by atoms with Crippen LogP contribution in [0.3, 0.4) is 0 Å². The lowest BCUT2D eigenvalue weighted by molar-refractivity contribution is -0.136. The Morgan fingerprint density at radius 2 is 1.66 bits per heavy atom. The molecule has 3 fully saturated rings. The monoisotopic (exact) mass is 830 g/mol. The van der Waals surface area contributed by atoms with Crippen molar-refractivity contribution >= 4 is 51.7 Å². The van der Waals surface area contributed by atoms with E-state index in [2.05, 4.69) is 55.1 Å². The number of nitrogens with one attached hydrogen (secondary N) is 4. The van der Waals surface area contributed by atoms with Gasteiger partial charge in [0.05, 0.1) is 11.1 Å².